The number of hydrogen-bond donors (Lipinski definition) is 1. The summed E-state index contributed by atoms with van der Waals surface area (Å²) in [6.45, 7) is 5.34. The molecule has 2 aromatic carbocycles. The zero-order valence-corrected chi connectivity index (χ0v) is 16.2. The summed E-state index contributed by atoms with van der Waals surface area (Å²) in [6, 6.07) is 14.7. The van der Waals surface area contributed by atoms with E-state index >= 15 is 0 Å². The molecule has 2 heterocycles. The van der Waals surface area contributed by atoms with E-state index in [9.17, 15) is 14.4 Å². The number of rotatable bonds is 3. The van der Waals surface area contributed by atoms with Crippen molar-refractivity contribution in [2.45, 2.75) is 38.8 Å². The summed E-state index contributed by atoms with van der Waals surface area (Å²) in [6.07, 6.45) is 0.767. The van der Waals surface area contributed by atoms with Gasteiger partial charge in [0, 0.05) is 11.7 Å². The molecule has 28 heavy (non-hydrogen) atoms. The van der Waals surface area contributed by atoms with Crippen LogP contribution in [0.2, 0.25) is 0 Å². The monoisotopic (exact) mass is 377 g/mol. The van der Waals surface area contributed by atoms with E-state index in [1.165, 1.54) is 0 Å². The Bertz CT molecular complexity index is 969. The van der Waals surface area contributed by atoms with Crippen molar-refractivity contribution >= 4 is 23.5 Å². The predicted octanol–water partition coefficient (Wildman–Crippen LogP) is 2.74. The van der Waals surface area contributed by atoms with Crippen molar-refractivity contribution in [3.05, 3.63) is 65.2 Å². The lowest BCUT2D eigenvalue weighted by atomic mass is 9.91. The molecule has 1 saturated heterocycles. The number of fused-ring (bicyclic) bond motifs is 1. The third-order valence-corrected chi connectivity index (χ3v) is 5.67. The standard InChI is InChI=1S/C22H23N3O3/c1-14-8-10-17(11-9-14)22(3)20(27)24(21(28)23-22)13-19(26)25-15(2)12-16-6-4-5-7-18(16)25/h4-11,15H,12-13H2,1-3H3,(H,23,28)/t15-,22+/m1/s1. The van der Waals surface area contributed by atoms with Gasteiger partial charge in [-0.3, -0.25) is 14.5 Å². The summed E-state index contributed by atoms with van der Waals surface area (Å²) in [4.78, 5) is 41.3. The number of aryl methyl sites for hydroxylation is 1. The maximum atomic E-state index is 13.1. The molecule has 0 bridgehead atoms. The van der Waals surface area contributed by atoms with Gasteiger partial charge in [-0.25, -0.2) is 4.79 Å². The van der Waals surface area contributed by atoms with Crippen LogP contribution >= 0.6 is 0 Å². The Kier molecular flexibility index (Phi) is 4.22. The fourth-order valence-corrected chi connectivity index (χ4v) is 4.08. The molecular weight excluding hydrogens is 354 g/mol. The van der Waals surface area contributed by atoms with Gasteiger partial charge in [-0.05, 0) is 44.4 Å². The maximum Gasteiger partial charge on any atom is 0.325 e. The second-order valence-corrected chi connectivity index (χ2v) is 7.76. The zero-order valence-electron chi connectivity index (χ0n) is 16.2. The van der Waals surface area contributed by atoms with E-state index in [0.29, 0.717) is 5.56 Å². The highest BCUT2D eigenvalue weighted by Crippen LogP contribution is 2.33. The third kappa shape index (κ3) is 2.76. The molecule has 4 amide bonds. The largest absolute Gasteiger partial charge is 0.325 e. The van der Waals surface area contributed by atoms with Gasteiger partial charge >= 0.3 is 6.03 Å². The highest BCUT2D eigenvalue weighted by molar-refractivity contribution is 6.10. The Labute approximate surface area is 164 Å². The van der Waals surface area contributed by atoms with Gasteiger partial charge in [-0.1, -0.05) is 48.0 Å². The number of urea groups is 1. The van der Waals surface area contributed by atoms with Crippen LogP contribution in [0.15, 0.2) is 48.5 Å². The summed E-state index contributed by atoms with van der Waals surface area (Å²) in [7, 11) is 0. The molecule has 0 spiro atoms. The van der Waals surface area contributed by atoms with Crippen LogP contribution in [0, 0.1) is 6.92 Å². The smallest absolute Gasteiger partial charge is 0.319 e. The molecule has 1 N–H and O–H groups in total. The highest BCUT2D eigenvalue weighted by atomic mass is 16.2. The van der Waals surface area contributed by atoms with E-state index in [2.05, 4.69) is 5.32 Å². The van der Waals surface area contributed by atoms with Crippen molar-refractivity contribution in [3.63, 3.8) is 0 Å². The van der Waals surface area contributed by atoms with Gasteiger partial charge in [-0.15, -0.1) is 0 Å². The first kappa shape index (κ1) is 18.2. The van der Waals surface area contributed by atoms with E-state index in [-0.39, 0.29) is 18.5 Å². The van der Waals surface area contributed by atoms with Gasteiger partial charge in [0.05, 0.1) is 0 Å². The minimum absolute atomic E-state index is 0.00542. The van der Waals surface area contributed by atoms with Crippen molar-refractivity contribution in [1.82, 2.24) is 10.2 Å². The molecule has 0 aromatic heterocycles. The number of amides is 4. The molecule has 0 unspecified atom stereocenters. The number of benzene rings is 2. The zero-order chi connectivity index (χ0) is 20.1. The quantitative estimate of drug-likeness (QED) is 0.836. The van der Waals surface area contributed by atoms with Crippen LogP contribution < -0.4 is 10.2 Å². The normalized spacial score (nSPS) is 23.8. The number of carbonyl (C=O) groups excluding carboxylic acids is 3. The molecule has 4 rings (SSSR count). The van der Waals surface area contributed by atoms with Crippen LogP contribution in [-0.2, 0) is 21.5 Å². The van der Waals surface area contributed by atoms with Crippen LogP contribution in [0.5, 0.6) is 0 Å². The van der Waals surface area contributed by atoms with Crippen molar-refractivity contribution in [2.24, 2.45) is 0 Å². The average Bonchev–Trinajstić information content (AvgIpc) is 3.11. The van der Waals surface area contributed by atoms with Crippen molar-refractivity contribution < 1.29 is 14.4 Å². The fraction of sp³-hybridized carbons (Fsp3) is 0.318. The SMILES string of the molecule is Cc1ccc([C@]2(C)NC(=O)N(CC(=O)N3c4ccccc4C[C@H]3C)C2=O)cc1. The molecule has 0 saturated carbocycles. The van der Waals surface area contributed by atoms with Crippen molar-refractivity contribution in [2.75, 3.05) is 11.4 Å². The Balaban J connectivity index is 1.57. The molecule has 6 nitrogen and oxygen atoms in total. The van der Waals surface area contributed by atoms with Crippen LogP contribution in [0.1, 0.15) is 30.5 Å². The number of para-hydroxylation sites is 1. The number of nitrogens with zero attached hydrogens (tertiary/aromatic N) is 2. The summed E-state index contributed by atoms with van der Waals surface area (Å²) in [5.41, 5.74) is 2.56. The average molecular weight is 377 g/mol. The summed E-state index contributed by atoms with van der Waals surface area (Å²) >= 11 is 0. The van der Waals surface area contributed by atoms with Crippen LogP contribution in [-0.4, -0.2) is 35.3 Å². The Morgan fingerprint density at radius 3 is 2.54 bits per heavy atom. The molecule has 6 heteroatoms. The molecule has 1 fully saturated rings. The first-order valence-corrected chi connectivity index (χ1v) is 9.42. The Morgan fingerprint density at radius 1 is 1.14 bits per heavy atom. The summed E-state index contributed by atoms with van der Waals surface area (Å²) in [5.74, 6) is -0.663. The number of nitrogens with one attached hydrogen (secondary N) is 1. The molecular formula is C22H23N3O3. The van der Waals surface area contributed by atoms with E-state index < -0.39 is 17.5 Å². The number of carbonyl (C=O) groups is 3. The number of imide groups is 1. The number of hydrogen-bond acceptors (Lipinski definition) is 3. The minimum Gasteiger partial charge on any atom is -0.319 e. The highest BCUT2D eigenvalue weighted by Gasteiger charge is 2.50. The second kappa shape index (κ2) is 6.48. The van der Waals surface area contributed by atoms with Crippen LogP contribution in [0.4, 0.5) is 10.5 Å². The molecule has 0 radical (unpaired) electrons. The van der Waals surface area contributed by atoms with Crippen LogP contribution in [0.25, 0.3) is 0 Å². The van der Waals surface area contributed by atoms with E-state index in [4.69, 9.17) is 0 Å². The number of anilines is 1. The first-order chi connectivity index (χ1) is 13.3. The molecule has 144 valence electrons. The molecule has 0 aliphatic carbocycles. The fourth-order valence-electron chi connectivity index (χ4n) is 4.08. The van der Waals surface area contributed by atoms with Crippen LogP contribution in [0.3, 0.4) is 0 Å². The summed E-state index contributed by atoms with van der Waals surface area (Å²) < 4.78 is 0. The lowest BCUT2D eigenvalue weighted by molar-refractivity contribution is -0.134. The van der Waals surface area contributed by atoms with Gasteiger partial charge in [-0.2, -0.15) is 0 Å². The van der Waals surface area contributed by atoms with Gasteiger partial charge in [0.25, 0.3) is 5.91 Å². The molecule has 2 aliphatic heterocycles. The lowest BCUT2D eigenvalue weighted by Crippen LogP contribution is -2.46. The summed E-state index contributed by atoms with van der Waals surface area (Å²) in [5, 5.41) is 2.76. The van der Waals surface area contributed by atoms with E-state index in [1.807, 2.05) is 62.4 Å². The van der Waals surface area contributed by atoms with Gasteiger partial charge in [0.1, 0.15) is 12.1 Å². The van der Waals surface area contributed by atoms with Gasteiger partial charge in [0.2, 0.25) is 5.91 Å². The molecule has 2 aliphatic rings. The minimum atomic E-state index is -1.17. The molecule has 2 atom stereocenters. The van der Waals surface area contributed by atoms with Gasteiger partial charge in [0.15, 0.2) is 0 Å². The first-order valence-electron chi connectivity index (χ1n) is 9.42. The van der Waals surface area contributed by atoms with Crippen molar-refractivity contribution in [3.8, 4) is 0 Å². The Morgan fingerprint density at radius 2 is 1.82 bits per heavy atom. The topological polar surface area (TPSA) is 69.7 Å². The predicted molar refractivity (Wildman–Crippen MR) is 106 cm³/mol. The maximum absolute atomic E-state index is 13.1. The Hall–Kier alpha value is -3.15. The lowest BCUT2D eigenvalue weighted by Gasteiger charge is -2.25. The third-order valence-electron chi connectivity index (χ3n) is 5.67. The second-order valence-electron chi connectivity index (χ2n) is 7.76. The van der Waals surface area contributed by atoms with Gasteiger partial charge < -0.3 is 10.2 Å². The van der Waals surface area contributed by atoms with E-state index in [0.717, 1.165) is 28.1 Å². The van der Waals surface area contributed by atoms with Crippen molar-refractivity contribution in [1.29, 1.82) is 0 Å². The molecule has 2 aromatic rings. The van der Waals surface area contributed by atoms with E-state index in [1.54, 1.807) is 11.8 Å².